The van der Waals surface area contributed by atoms with Crippen LogP contribution in [0.2, 0.25) is 0 Å². The number of carbonyl (C=O) groups excluding carboxylic acids is 1. The van der Waals surface area contributed by atoms with Gasteiger partial charge in [0.05, 0.1) is 18.2 Å². The van der Waals surface area contributed by atoms with Gasteiger partial charge in [0.1, 0.15) is 6.07 Å². The van der Waals surface area contributed by atoms with Crippen molar-refractivity contribution in [3.05, 3.63) is 51.7 Å². The lowest BCUT2D eigenvalue weighted by atomic mass is 10.2. The molecule has 0 aliphatic heterocycles. The number of hydrogen-bond acceptors (Lipinski definition) is 5. The van der Waals surface area contributed by atoms with Crippen LogP contribution in [0.1, 0.15) is 20.8 Å². The zero-order valence-corrected chi connectivity index (χ0v) is 11.2. The minimum absolute atomic E-state index is 0.355. The Labute approximate surface area is 115 Å². The largest absolute Gasteiger partial charge is 0.465 e. The number of carbonyl (C=O) groups is 1. The van der Waals surface area contributed by atoms with Gasteiger partial charge in [-0.15, -0.1) is 11.3 Å². The highest BCUT2D eigenvalue weighted by Crippen LogP contribution is 2.17. The van der Waals surface area contributed by atoms with Crippen molar-refractivity contribution in [2.24, 2.45) is 0 Å². The first-order valence-electron chi connectivity index (χ1n) is 5.62. The standard InChI is InChI=1S/C14H12N2O2S/c1-18-14(17)11-3-2-4-12(6-11)16-8-13-5-10(7-15)9-19-13/h2-6,9,16H,8H2,1H3. The summed E-state index contributed by atoms with van der Waals surface area (Å²) in [6, 6.07) is 11.1. The number of nitriles is 1. The molecule has 0 aliphatic rings. The highest BCUT2D eigenvalue weighted by atomic mass is 32.1. The van der Waals surface area contributed by atoms with Crippen molar-refractivity contribution in [1.29, 1.82) is 5.26 Å². The Balaban J connectivity index is 2.03. The molecule has 2 rings (SSSR count). The van der Waals surface area contributed by atoms with Gasteiger partial charge in [0.25, 0.3) is 0 Å². The van der Waals surface area contributed by atoms with Gasteiger partial charge in [-0.25, -0.2) is 4.79 Å². The number of methoxy groups -OCH3 is 1. The molecule has 1 aromatic carbocycles. The van der Waals surface area contributed by atoms with Gasteiger partial charge in [0.2, 0.25) is 0 Å². The Kier molecular flexibility index (Phi) is 4.16. The van der Waals surface area contributed by atoms with Gasteiger partial charge in [-0.2, -0.15) is 5.26 Å². The molecule has 0 aliphatic carbocycles. The van der Waals surface area contributed by atoms with Crippen molar-refractivity contribution in [1.82, 2.24) is 0 Å². The van der Waals surface area contributed by atoms with E-state index in [-0.39, 0.29) is 5.97 Å². The van der Waals surface area contributed by atoms with Gasteiger partial charge in [0, 0.05) is 22.5 Å². The molecule has 0 fully saturated rings. The SMILES string of the molecule is COC(=O)c1cccc(NCc2cc(C#N)cs2)c1. The molecule has 1 aromatic heterocycles. The summed E-state index contributed by atoms with van der Waals surface area (Å²) in [6.07, 6.45) is 0. The van der Waals surface area contributed by atoms with Crippen molar-refractivity contribution < 1.29 is 9.53 Å². The van der Waals surface area contributed by atoms with Crippen molar-refractivity contribution in [3.63, 3.8) is 0 Å². The lowest BCUT2D eigenvalue weighted by molar-refractivity contribution is 0.0601. The summed E-state index contributed by atoms with van der Waals surface area (Å²) in [5.74, 6) is -0.355. The van der Waals surface area contributed by atoms with Gasteiger partial charge < -0.3 is 10.1 Å². The fourth-order valence-corrected chi connectivity index (χ4v) is 2.34. The number of hydrogen-bond donors (Lipinski definition) is 1. The number of ether oxygens (including phenoxy) is 1. The molecular weight excluding hydrogens is 260 g/mol. The van der Waals surface area contributed by atoms with Crippen LogP contribution in [-0.4, -0.2) is 13.1 Å². The molecule has 0 amide bonds. The molecule has 19 heavy (non-hydrogen) atoms. The Hall–Kier alpha value is -2.32. The summed E-state index contributed by atoms with van der Waals surface area (Å²) in [5.41, 5.74) is 2.02. The van der Waals surface area contributed by atoms with Crippen LogP contribution in [0.4, 0.5) is 5.69 Å². The summed E-state index contributed by atoms with van der Waals surface area (Å²) >= 11 is 1.53. The molecule has 4 nitrogen and oxygen atoms in total. The quantitative estimate of drug-likeness (QED) is 0.869. The molecule has 0 spiro atoms. The maximum absolute atomic E-state index is 11.4. The summed E-state index contributed by atoms with van der Waals surface area (Å²) in [4.78, 5) is 12.5. The molecule has 0 saturated carbocycles. The van der Waals surface area contributed by atoms with Gasteiger partial charge >= 0.3 is 5.97 Å². The Morgan fingerprint density at radius 3 is 3.00 bits per heavy atom. The molecule has 0 atom stereocenters. The van der Waals surface area contributed by atoms with E-state index in [1.807, 2.05) is 17.5 Å². The second-order valence-corrected chi connectivity index (χ2v) is 4.84. The van der Waals surface area contributed by atoms with E-state index in [9.17, 15) is 4.79 Å². The summed E-state index contributed by atoms with van der Waals surface area (Å²) in [6.45, 7) is 0.622. The van der Waals surface area contributed by atoms with E-state index in [0.717, 1.165) is 10.6 Å². The smallest absolute Gasteiger partial charge is 0.337 e. The number of esters is 1. The minimum Gasteiger partial charge on any atom is -0.465 e. The molecule has 96 valence electrons. The van der Waals surface area contributed by atoms with Crippen LogP contribution in [0.3, 0.4) is 0 Å². The number of nitrogens with zero attached hydrogens (tertiary/aromatic N) is 1. The van der Waals surface area contributed by atoms with Gasteiger partial charge in [0.15, 0.2) is 0 Å². The monoisotopic (exact) mass is 272 g/mol. The third-order valence-corrected chi connectivity index (χ3v) is 3.47. The third-order valence-electron chi connectivity index (χ3n) is 2.53. The molecule has 0 radical (unpaired) electrons. The molecule has 0 bridgehead atoms. The van der Waals surface area contributed by atoms with Crippen LogP contribution in [0.15, 0.2) is 35.7 Å². The number of benzene rings is 1. The van der Waals surface area contributed by atoms with Crippen LogP contribution >= 0.6 is 11.3 Å². The molecule has 1 N–H and O–H groups in total. The molecule has 5 heteroatoms. The average Bonchev–Trinajstić information content (AvgIpc) is 2.92. The summed E-state index contributed by atoms with van der Waals surface area (Å²) in [7, 11) is 1.36. The van der Waals surface area contributed by atoms with E-state index in [4.69, 9.17) is 5.26 Å². The zero-order valence-electron chi connectivity index (χ0n) is 10.3. The zero-order chi connectivity index (χ0) is 13.7. The van der Waals surface area contributed by atoms with E-state index in [0.29, 0.717) is 17.7 Å². The average molecular weight is 272 g/mol. The van der Waals surface area contributed by atoms with Crippen LogP contribution in [-0.2, 0) is 11.3 Å². The normalized spacial score (nSPS) is 9.68. The molecular formula is C14H12N2O2S. The second kappa shape index (κ2) is 6.03. The lowest BCUT2D eigenvalue weighted by Crippen LogP contribution is -2.03. The van der Waals surface area contributed by atoms with E-state index >= 15 is 0 Å². The van der Waals surface area contributed by atoms with Crippen molar-refractivity contribution in [2.45, 2.75) is 6.54 Å². The van der Waals surface area contributed by atoms with Gasteiger partial charge in [-0.1, -0.05) is 6.07 Å². The predicted octanol–water partition coefficient (Wildman–Crippen LogP) is 3.02. The maximum atomic E-state index is 11.4. The lowest BCUT2D eigenvalue weighted by Gasteiger charge is -2.06. The number of thiophene rings is 1. The summed E-state index contributed by atoms with van der Waals surface area (Å²) in [5, 5.41) is 13.8. The van der Waals surface area contributed by atoms with Gasteiger partial charge in [-0.05, 0) is 24.3 Å². The first-order valence-corrected chi connectivity index (χ1v) is 6.50. The topological polar surface area (TPSA) is 62.1 Å². The molecule has 2 aromatic rings. The summed E-state index contributed by atoms with van der Waals surface area (Å²) < 4.78 is 4.67. The van der Waals surface area contributed by atoms with Crippen molar-refractivity contribution in [3.8, 4) is 6.07 Å². The predicted molar refractivity (Wildman–Crippen MR) is 74.1 cm³/mol. The number of anilines is 1. The Morgan fingerprint density at radius 2 is 2.32 bits per heavy atom. The van der Waals surface area contributed by atoms with Crippen molar-refractivity contribution in [2.75, 3.05) is 12.4 Å². The number of nitrogens with one attached hydrogen (secondary N) is 1. The van der Waals surface area contributed by atoms with E-state index in [2.05, 4.69) is 16.1 Å². The molecule has 1 heterocycles. The van der Waals surface area contributed by atoms with E-state index in [1.54, 1.807) is 18.2 Å². The Morgan fingerprint density at radius 1 is 1.47 bits per heavy atom. The fraction of sp³-hybridized carbons (Fsp3) is 0.143. The van der Waals surface area contributed by atoms with Crippen molar-refractivity contribution >= 4 is 23.0 Å². The van der Waals surface area contributed by atoms with Gasteiger partial charge in [-0.3, -0.25) is 0 Å². The minimum atomic E-state index is -0.355. The fourth-order valence-electron chi connectivity index (χ4n) is 1.60. The first kappa shape index (κ1) is 13.1. The highest BCUT2D eigenvalue weighted by Gasteiger charge is 2.05. The van der Waals surface area contributed by atoms with E-state index in [1.165, 1.54) is 18.4 Å². The molecule has 0 saturated heterocycles. The first-order chi connectivity index (χ1) is 9.22. The van der Waals surface area contributed by atoms with Crippen LogP contribution < -0.4 is 5.32 Å². The van der Waals surface area contributed by atoms with Crippen LogP contribution in [0.25, 0.3) is 0 Å². The second-order valence-electron chi connectivity index (χ2n) is 3.84. The molecule has 0 unspecified atom stereocenters. The Bertz CT molecular complexity index is 628. The van der Waals surface area contributed by atoms with Crippen LogP contribution in [0, 0.1) is 11.3 Å². The number of rotatable bonds is 4. The maximum Gasteiger partial charge on any atom is 0.337 e. The third kappa shape index (κ3) is 3.33. The highest BCUT2D eigenvalue weighted by molar-refractivity contribution is 7.10. The van der Waals surface area contributed by atoms with Crippen LogP contribution in [0.5, 0.6) is 0 Å². The van der Waals surface area contributed by atoms with E-state index < -0.39 is 0 Å².